The van der Waals surface area contributed by atoms with Crippen LogP contribution in [0.15, 0.2) is 28.7 Å². The third kappa shape index (κ3) is 2.25. The number of halogens is 1. The van der Waals surface area contributed by atoms with Crippen molar-refractivity contribution in [2.45, 2.75) is 51.1 Å². The summed E-state index contributed by atoms with van der Waals surface area (Å²) in [7, 11) is 0. The first kappa shape index (κ1) is 13.3. The van der Waals surface area contributed by atoms with Crippen molar-refractivity contribution in [3.8, 4) is 0 Å². The Morgan fingerprint density at radius 1 is 1.00 bits per heavy atom. The van der Waals surface area contributed by atoms with E-state index in [-0.39, 0.29) is 0 Å². The summed E-state index contributed by atoms with van der Waals surface area (Å²) in [5.74, 6) is 4.04. The highest BCUT2D eigenvalue weighted by Crippen LogP contribution is 2.54. The molecule has 5 rings (SSSR count). The lowest BCUT2D eigenvalue weighted by molar-refractivity contribution is -0.0171. The average Bonchev–Trinajstić information content (AvgIpc) is 2.42. The summed E-state index contributed by atoms with van der Waals surface area (Å²) < 4.78 is 1.24. The number of nitrogens with one attached hydrogen (secondary N) is 1. The molecule has 0 aromatic heterocycles. The van der Waals surface area contributed by atoms with Gasteiger partial charge in [0.15, 0.2) is 0 Å². The van der Waals surface area contributed by atoms with Gasteiger partial charge in [-0.1, -0.05) is 34.1 Å². The summed E-state index contributed by atoms with van der Waals surface area (Å²) in [5.41, 5.74) is 1.40. The minimum absolute atomic E-state index is 0.452. The lowest BCUT2D eigenvalue weighted by atomic mass is 9.54. The van der Waals surface area contributed by atoms with E-state index in [9.17, 15) is 0 Å². The molecule has 2 heteroatoms. The minimum Gasteiger partial charge on any atom is -0.307 e. The van der Waals surface area contributed by atoms with E-state index in [0.717, 1.165) is 29.7 Å². The molecule has 4 aliphatic carbocycles. The monoisotopic (exact) mass is 333 g/mol. The summed E-state index contributed by atoms with van der Waals surface area (Å²) in [6.07, 6.45) is 7.51. The van der Waals surface area contributed by atoms with Crippen molar-refractivity contribution >= 4 is 15.9 Å². The molecule has 20 heavy (non-hydrogen) atoms. The van der Waals surface area contributed by atoms with Crippen LogP contribution >= 0.6 is 15.9 Å². The maximum atomic E-state index is 3.99. The fraction of sp³-hybridized carbons (Fsp3) is 0.667. The molecule has 4 aliphatic rings. The van der Waals surface area contributed by atoms with E-state index in [1.54, 1.807) is 6.42 Å². The second-order valence-corrected chi connectivity index (χ2v) is 8.22. The largest absolute Gasteiger partial charge is 0.307 e. The van der Waals surface area contributed by atoms with Crippen molar-refractivity contribution in [2.24, 2.45) is 23.7 Å². The van der Waals surface area contributed by atoms with E-state index in [1.165, 1.54) is 35.7 Å². The van der Waals surface area contributed by atoms with Crippen molar-refractivity contribution in [3.63, 3.8) is 0 Å². The Balaban J connectivity index is 1.50. The predicted octanol–water partition coefficient (Wildman–Crippen LogP) is 4.92. The van der Waals surface area contributed by atoms with E-state index in [2.05, 4.69) is 52.4 Å². The van der Waals surface area contributed by atoms with Crippen LogP contribution in [-0.2, 0) is 0 Å². The van der Waals surface area contributed by atoms with Gasteiger partial charge in [-0.05, 0) is 74.3 Å². The third-order valence-corrected chi connectivity index (χ3v) is 6.76. The highest BCUT2D eigenvalue weighted by molar-refractivity contribution is 9.10. The van der Waals surface area contributed by atoms with Gasteiger partial charge in [-0.2, -0.15) is 0 Å². The van der Waals surface area contributed by atoms with Gasteiger partial charge in [-0.25, -0.2) is 0 Å². The van der Waals surface area contributed by atoms with Gasteiger partial charge in [0.05, 0.1) is 0 Å². The third-order valence-electron chi connectivity index (χ3n) is 6.04. The highest BCUT2D eigenvalue weighted by Gasteiger charge is 2.48. The SMILES string of the molecule is C[C@H](NC1C2CC3CC(C2)CC1C3)c1ccccc1Br. The first-order chi connectivity index (χ1) is 9.70. The molecule has 0 spiro atoms. The summed E-state index contributed by atoms with van der Waals surface area (Å²) in [6.45, 7) is 2.32. The van der Waals surface area contributed by atoms with Crippen molar-refractivity contribution < 1.29 is 0 Å². The van der Waals surface area contributed by atoms with Crippen molar-refractivity contribution in [1.29, 1.82) is 0 Å². The molecule has 4 saturated carbocycles. The van der Waals surface area contributed by atoms with Crippen LogP contribution in [0.25, 0.3) is 0 Å². The van der Waals surface area contributed by atoms with E-state index in [1.807, 2.05) is 0 Å². The lowest BCUT2D eigenvalue weighted by Gasteiger charge is -2.55. The zero-order chi connectivity index (χ0) is 13.7. The summed E-state index contributed by atoms with van der Waals surface area (Å²) in [6, 6.07) is 9.87. The molecule has 0 radical (unpaired) electrons. The van der Waals surface area contributed by atoms with Crippen LogP contribution in [0.2, 0.25) is 0 Å². The number of rotatable bonds is 3. The Labute approximate surface area is 130 Å². The van der Waals surface area contributed by atoms with Crippen LogP contribution in [0, 0.1) is 23.7 Å². The normalized spacial score (nSPS) is 40.0. The number of hydrogen-bond donors (Lipinski definition) is 1. The van der Waals surface area contributed by atoms with E-state index >= 15 is 0 Å². The molecule has 0 saturated heterocycles. The quantitative estimate of drug-likeness (QED) is 0.827. The molecule has 108 valence electrons. The molecule has 0 aliphatic heterocycles. The average molecular weight is 334 g/mol. The Hall–Kier alpha value is -0.340. The molecule has 4 fully saturated rings. The second kappa shape index (κ2) is 5.14. The zero-order valence-electron chi connectivity index (χ0n) is 12.2. The van der Waals surface area contributed by atoms with Gasteiger partial charge in [-0.15, -0.1) is 0 Å². The Kier molecular flexibility index (Phi) is 3.42. The Morgan fingerprint density at radius 3 is 2.20 bits per heavy atom. The van der Waals surface area contributed by atoms with Gasteiger partial charge >= 0.3 is 0 Å². The second-order valence-electron chi connectivity index (χ2n) is 7.37. The molecular weight excluding hydrogens is 310 g/mol. The van der Waals surface area contributed by atoms with Gasteiger partial charge in [-0.3, -0.25) is 0 Å². The Bertz CT molecular complexity index is 470. The first-order valence-electron chi connectivity index (χ1n) is 8.21. The van der Waals surface area contributed by atoms with Gasteiger partial charge in [0.2, 0.25) is 0 Å². The van der Waals surface area contributed by atoms with Crippen molar-refractivity contribution in [1.82, 2.24) is 5.32 Å². The van der Waals surface area contributed by atoms with Crippen LogP contribution in [0.3, 0.4) is 0 Å². The van der Waals surface area contributed by atoms with E-state index in [4.69, 9.17) is 0 Å². The van der Waals surface area contributed by atoms with Crippen LogP contribution < -0.4 is 5.32 Å². The first-order valence-corrected chi connectivity index (χ1v) is 9.00. The summed E-state index contributed by atoms with van der Waals surface area (Å²) in [4.78, 5) is 0. The van der Waals surface area contributed by atoms with Crippen LogP contribution in [0.4, 0.5) is 0 Å². The van der Waals surface area contributed by atoms with Crippen LogP contribution in [0.5, 0.6) is 0 Å². The molecule has 4 bridgehead atoms. The zero-order valence-corrected chi connectivity index (χ0v) is 13.8. The van der Waals surface area contributed by atoms with Gasteiger partial charge < -0.3 is 5.32 Å². The van der Waals surface area contributed by atoms with E-state index < -0.39 is 0 Å². The summed E-state index contributed by atoms with van der Waals surface area (Å²) in [5, 5.41) is 3.99. The molecule has 0 unspecified atom stereocenters. The van der Waals surface area contributed by atoms with Gasteiger partial charge in [0.25, 0.3) is 0 Å². The standard InChI is InChI=1S/C18H24BrN/c1-11(16-4-2-3-5-17(16)19)20-18-14-7-12-6-13(9-14)10-15(18)8-12/h2-5,11-15,18,20H,6-10H2,1H3/t11-,12?,13?,14?,15?,18?/m0/s1. The summed E-state index contributed by atoms with van der Waals surface area (Å²) >= 11 is 3.70. The van der Waals surface area contributed by atoms with E-state index in [0.29, 0.717) is 6.04 Å². The maximum Gasteiger partial charge on any atom is 0.0305 e. The molecule has 0 heterocycles. The molecule has 1 nitrogen and oxygen atoms in total. The van der Waals surface area contributed by atoms with Gasteiger partial charge in [0.1, 0.15) is 0 Å². The molecule has 1 N–H and O–H groups in total. The fourth-order valence-corrected chi connectivity index (χ4v) is 6.03. The number of benzene rings is 1. The van der Waals surface area contributed by atoms with Crippen LogP contribution in [-0.4, -0.2) is 6.04 Å². The predicted molar refractivity (Wildman–Crippen MR) is 86.5 cm³/mol. The maximum absolute atomic E-state index is 3.99. The molecular formula is C18H24BrN. The van der Waals surface area contributed by atoms with Gasteiger partial charge in [0, 0.05) is 16.6 Å². The Morgan fingerprint density at radius 2 is 1.60 bits per heavy atom. The number of hydrogen-bond acceptors (Lipinski definition) is 1. The molecule has 0 amide bonds. The molecule has 1 aromatic rings. The van der Waals surface area contributed by atoms with Crippen molar-refractivity contribution in [3.05, 3.63) is 34.3 Å². The fourth-order valence-electron chi connectivity index (χ4n) is 5.40. The van der Waals surface area contributed by atoms with Crippen molar-refractivity contribution in [2.75, 3.05) is 0 Å². The molecule has 1 atom stereocenters. The smallest absolute Gasteiger partial charge is 0.0305 e. The van der Waals surface area contributed by atoms with Crippen LogP contribution in [0.1, 0.15) is 50.6 Å². The lowest BCUT2D eigenvalue weighted by Crippen LogP contribution is -2.54. The minimum atomic E-state index is 0.452. The highest BCUT2D eigenvalue weighted by atomic mass is 79.9. The topological polar surface area (TPSA) is 12.0 Å². The molecule has 1 aromatic carbocycles.